The van der Waals surface area contributed by atoms with Gasteiger partial charge in [0.05, 0.1) is 13.2 Å². The van der Waals surface area contributed by atoms with Crippen LogP contribution in [-0.2, 0) is 9.53 Å². The van der Waals surface area contributed by atoms with Gasteiger partial charge in [-0.15, -0.1) is 0 Å². The van der Waals surface area contributed by atoms with Gasteiger partial charge < -0.3 is 19.3 Å². The molecule has 1 aliphatic carbocycles. The van der Waals surface area contributed by atoms with E-state index >= 15 is 0 Å². The molecule has 1 aliphatic heterocycles. The second-order valence-electron chi connectivity index (χ2n) is 5.31. The second kappa shape index (κ2) is 5.28. The van der Waals surface area contributed by atoms with E-state index in [2.05, 4.69) is 0 Å². The molecule has 1 atom stereocenters. The number of nitrogens with zero attached hydrogens (tertiary/aromatic N) is 2. The molecule has 3 rings (SSSR count). The molecule has 6 nitrogen and oxygen atoms in total. The molecule has 108 valence electrons. The minimum atomic E-state index is -1.01. The molecule has 2 heterocycles. The highest BCUT2D eigenvalue weighted by Crippen LogP contribution is 2.33. The lowest BCUT2D eigenvalue weighted by Crippen LogP contribution is -2.53. The van der Waals surface area contributed by atoms with E-state index in [1.54, 1.807) is 6.07 Å². The number of carbonyl (C=O) groups excluding carboxylic acids is 1. The van der Waals surface area contributed by atoms with Crippen LogP contribution in [0.25, 0.3) is 0 Å². The Morgan fingerprint density at radius 1 is 1.35 bits per heavy atom. The minimum Gasteiger partial charge on any atom is -0.480 e. The van der Waals surface area contributed by atoms with Crippen LogP contribution < -0.4 is 0 Å². The van der Waals surface area contributed by atoms with Gasteiger partial charge in [-0.2, -0.15) is 0 Å². The Hall–Kier alpha value is -1.82. The van der Waals surface area contributed by atoms with Gasteiger partial charge in [-0.3, -0.25) is 4.79 Å². The number of hydrogen-bond acceptors (Lipinski definition) is 3. The summed E-state index contributed by atoms with van der Waals surface area (Å²) in [5, 5.41) is 9.21. The largest absolute Gasteiger partial charge is 0.480 e. The molecule has 1 aromatic rings. The maximum atomic E-state index is 12.6. The Balaban J connectivity index is 1.83. The maximum absolute atomic E-state index is 12.6. The standard InChI is InChI=1S/C14H18N2O4/c17-13(16-7-8-20-9-12(16)14(18)19)11-5-2-6-15(11)10-3-1-4-10/h2,5-6,10,12H,1,3-4,7-9H2,(H,18,19). The first-order valence-electron chi connectivity index (χ1n) is 6.97. The Labute approximate surface area is 116 Å². The first-order chi connectivity index (χ1) is 9.68. The van der Waals surface area contributed by atoms with Crippen LogP contribution >= 0.6 is 0 Å². The van der Waals surface area contributed by atoms with Crippen molar-refractivity contribution < 1.29 is 19.4 Å². The van der Waals surface area contributed by atoms with Gasteiger partial charge in [0, 0.05) is 18.8 Å². The van der Waals surface area contributed by atoms with E-state index < -0.39 is 12.0 Å². The van der Waals surface area contributed by atoms with Crippen molar-refractivity contribution in [1.29, 1.82) is 0 Å². The van der Waals surface area contributed by atoms with Gasteiger partial charge in [0.2, 0.25) is 0 Å². The van der Waals surface area contributed by atoms with Crippen LogP contribution in [0.4, 0.5) is 0 Å². The number of carbonyl (C=O) groups is 2. The van der Waals surface area contributed by atoms with Crippen LogP contribution in [0.3, 0.4) is 0 Å². The topological polar surface area (TPSA) is 71.8 Å². The monoisotopic (exact) mass is 278 g/mol. The van der Waals surface area contributed by atoms with E-state index in [1.807, 2.05) is 16.8 Å². The summed E-state index contributed by atoms with van der Waals surface area (Å²) in [6.07, 6.45) is 5.26. The van der Waals surface area contributed by atoms with Crippen molar-refractivity contribution in [2.75, 3.05) is 19.8 Å². The summed E-state index contributed by atoms with van der Waals surface area (Å²) in [5.41, 5.74) is 0.586. The predicted molar refractivity (Wildman–Crippen MR) is 70.6 cm³/mol. The number of carboxylic acids is 1. The molecular weight excluding hydrogens is 260 g/mol. The zero-order valence-corrected chi connectivity index (χ0v) is 11.2. The fourth-order valence-electron chi connectivity index (χ4n) is 2.76. The summed E-state index contributed by atoms with van der Waals surface area (Å²) in [6, 6.07) is 3.12. The van der Waals surface area contributed by atoms with Crippen LogP contribution in [0.1, 0.15) is 35.8 Å². The third-order valence-corrected chi connectivity index (χ3v) is 4.14. The maximum Gasteiger partial charge on any atom is 0.328 e. The van der Waals surface area contributed by atoms with E-state index in [0.717, 1.165) is 12.8 Å². The molecule has 2 fully saturated rings. The van der Waals surface area contributed by atoms with Crippen LogP contribution in [-0.4, -0.2) is 52.3 Å². The molecule has 0 aromatic carbocycles. The van der Waals surface area contributed by atoms with Gasteiger partial charge in [-0.05, 0) is 31.4 Å². The molecular formula is C14H18N2O4. The highest BCUT2D eigenvalue weighted by molar-refractivity contribution is 5.95. The number of ether oxygens (including phenoxy) is 1. The average Bonchev–Trinajstić information content (AvgIpc) is 2.85. The molecule has 1 saturated carbocycles. The van der Waals surface area contributed by atoms with Crippen molar-refractivity contribution >= 4 is 11.9 Å². The predicted octanol–water partition coefficient (Wildman–Crippen LogP) is 1.14. The molecule has 1 aromatic heterocycles. The Morgan fingerprint density at radius 2 is 2.15 bits per heavy atom. The summed E-state index contributed by atoms with van der Waals surface area (Å²) in [6.45, 7) is 0.774. The molecule has 6 heteroatoms. The van der Waals surface area contributed by atoms with Gasteiger partial charge in [0.25, 0.3) is 5.91 Å². The zero-order chi connectivity index (χ0) is 14.1. The number of amides is 1. The molecule has 0 bridgehead atoms. The highest BCUT2D eigenvalue weighted by Gasteiger charge is 2.35. The number of rotatable bonds is 3. The van der Waals surface area contributed by atoms with Crippen molar-refractivity contribution in [3.63, 3.8) is 0 Å². The van der Waals surface area contributed by atoms with Crippen molar-refractivity contribution in [3.05, 3.63) is 24.0 Å². The smallest absolute Gasteiger partial charge is 0.328 e. The number of morpholine rings is 1. The van der Waals surface area contributed by atoms with Crippen LogP contribution in [0.2, 0.25) is 0 Å². The lowest BCUT2D eigenvalue weighted by atomic mass is 9.93. The van der Waals surface area contributed by atoms with Crippen LogP contribution in [0.15, 0.2) is 18.3 Å². The minimum absolute atomic E-state index is 0.0607. The van der Waals surface area contributed by atoms with Gasteiger partial charge in [-0.25, -0.2) is 4.79 Å². The third-order valence-electron chi connectivity index (χ3n) is 4.14. The number of aromatic nitrogens is 1. The van der Waals surface area contributed by atoms with Crippen molar-refractivity contribution in [3.8, 4) is 0 Å². The Morgan fingerprint density at radius 3 is 2.80 bits per heavy atom. The second-order valence-corrected chi connectivity index (χ2v) is 5.31. The molecule has 1 N–H and O–H groups in total. The summed E-state index contributed by atoms with van der Waals surface area (Å²) >= 11 is 0. The molecule has 1 unspecified atom stereocenters. The first-order valence-corrected chi connectivity index (χ1v) is 6.97. The summed E-state index contributed by atoms with van der Waals surface area (Å²) in [4.78, 5) is 25.3. The van der Waals surface area contributed by atoms with Crippen molar-refractivity contribution in [2.45, 2.75) is 31.3 Å². The lowest BCUT2D eigenvalue weighted by Gasteiger charge is -2.34. The van der Waals surface area contributed by atoms with E-state index in [9.17, 15) is 14.7 Å². The van der Waals surface area contributed by atoms with Crippen molar-refractivity contribution in [2.24, 2.45) is 0 Å². The van der Waals surface area contributed by atoms with E-state index in [1.165, 1.54) is 11.3 Å². The molecule has 1 saturated heterocycles. The van der Waals surface area contributed by atoms with Gasteiger partial charge in [-0.1, -0.05) is 0 Å². The Kier molecular flexibility index (Phi) is 3.48. The summed E-state index contributed by atoms with van der Waals surface area (Å²) in [5.74, 6) is -1.22. The van der Waals surface area contributed by atoms with Gasteiger partial charge in [0.15, 0.2) is 6.04 Å². The van der Waals surface area contributed by atoms with E-state index in [4.69, 9.17) is 4.74 Å². The van der Waals surface area contributed by atoms with E-state index in [0.29, 0.717) is 24.9 Å². The van der Waals surface area contributed by atoms with Crippen LogP contribution in [0.5, 0.6) is 0 Å². The third kappa shape index (κ3) is 2.20. The summed E-state index contributed by atoms with van der Waals surface area (Å²) < 4.78 is 7.16. The molecule has 1 amide bonds. The summed E-state index contributed by atoms with van der Waals surface area (Å²) in [7, 11) is 0. The number of aliphatic carboxylic acids is 1. The fourth-order valence-corrected chi connectivity index (χ4v) is 2.76. The fraction of sp³-hybridized carbons (Fsp3) is 0.571. The average molecular weight is 278 g/mol. The highest BCUT2D eigenvalue weighted by atomic mass is 16.5. The molecule has 20 heavy (non-hydrogen) atoms. The van der Waals surface area contributed by atoms with Gasteiger partial charge in [0.1, 0.15) is 5.69 Å². The molecule has 0 radical (unpaired) electrons. The van der Waals surface area contributed by atoms with Gasteiger partial charge >= 0.3 is 5.97 Å². The zero-order valence-electron chi connectivity index (χ0n) is 11.2. The number of carboxylic acid groups (broad SMARTS) is 1. The van der Waals surface area contributed by atoms with Crippen LogP contribution in [0, 0.1) is 0 Å². The lowest BCUT2D eigenvalue weighted by molar-refractivity contribution is -0.147. The van der Waals surface area contributed by atoms with E-state index in [-0.39, 0.29) is 12.5 Å². The quantitative estimate of drug-likeness (QED) is 0.900. The van der Waals surface area contributed by atoms with Crippen molar-refractivity contribution in [1.82, 2.24) is 9.47 Å². The molecule has 2 aliphatic rings. The first kappa shape index (κ1) is 13.2. The SMILES string of the molecule is O=C(O)C1COCCN1C(=O)c1cccn1C1CCC1. The number of hydrogen-bond donors (Lipinski definition) is 1. The normalized spacial score (nSPS) is 23.4. The molecule has 0 spiro atoms. The Bertz CT molecular complexity index is 521.